The van der Waals surface area contributed by atoms with Gasteiger partial charge in [-0.25, -0.2) is 0 Å². The number of nitrogens with one attached hydrogen (secondary N) is 1. The van der Waals surface area contributed by atoms with Crippen molar-refractivity contribution in [3.8, 4) is 0 Å². The van der Waals surface area contributed by atoms with Gasteiger partial charge in [-0.05, 0) is 26.7 Å². The summed E-state index contributed by atoms with van der Waals surface area (Å²) >= 11 is 0. The fraction of sp³-hybridized carbons (Fsp3) is 0.941. The van der Waals surface area contributed by atoms with E-state index in [1.165, 1.54) is 0 Å². The number of methoxy groups -OCH3 is 1. The minimum atomic E-state index is -0.0557. The summed E-state index contributed by atoms with van der Waals surface area (Å²) in [7, 11) is 3.94. The maximum atomic E-state index is 5.72. The Morgan fingerprint density at radius 1 is 1.39 bits per heavy atom. The second kappa shape index (κ2) is 8.34. The molecule has 1 heterocycles. The Morgan fingerprint density at radius 3 is 2.57 bits per heavy atom. The van der Waals surface area contributed by atoms with Crippen LogP contribution in [0.1, 0.15) is 40.5 Å². The Kier molecular flexibility index (Phi) is 7.60. The first-order chi connectivity index (χ1) is 10.3. The predicted octanol–water partition coefficient (Wildman–Crippen LogP) is 2.74. The highest BCUT2D eigenvalue weighted by Crippen LogP contribution is 2.51. The van der Waals surface area contributed by atoms with Crippen molar-refractivity contribution < 1.29 is 9.47 Å². The van der Waals surface area contributed by atoms with Crippen LogP contribution in [-0.4, -0.2) is 63.0 Å². The minimum absolute atomic E-state index is 0. The first-order valence-corrected chi connectivity index (χ1v) is 8.49. The van der Waals surface area contributed by atoms with Crippen LogP contribution >= 0.6 is 24.0 Å². The van der Waals surface area contributed by atoms with Crippen LogP contribution < -0.4 is 5.32 Å². The van der Waals surface area contributed by atoms with Crippen LogP contribution in [0, 0.1) is 11.3 Å². The Bertz CT molecular complexity index is 411. The van der Waals surface area contributed by atoms with Crippen LogP contribution in [0.5, 0.6) is 0 Å². The number of guanidine groups is 1. The molecule has 0 aromatic rings. The molecule has 1 saturated carbocycles. The van der Waals surface area contributed by atoms with Crippen LogP contribution in [0.2, 0.25) is 0 Å². The highest BCUT2D eigenvalue weighted by atomic mass is 127. The number of aliphatic imine (C=N–C) groups is 1. The molecule has 5 nitrogen and oxygen atoms in total. The average Bonchev–Trinajstić information content (AvgIpc) is 2.98. The third kappa shape index (κ3) is 4.31. The lowest BCUT2D eigenvalue weighted by Gasteiger charge is -2.59. The van der Waals surface area contributed by atoms with Gasteiger partial charge in [-0.15, -0.1) is 24.0 Å². The third-order valence-electron chi connectivity index (χ3n) is 5.81. The van der Waals surface area contributed by atoms with E-state index in [4.69, 9.17) is 9.47 Å². The van der Waals surface area contributed by atoms with Gasteiger partial charge in [0.2, 0.25) is 0 Å². The van der Waals surface area contributed by atoms with E-state index < -0.39 is 0 Å². The first-order valence-electron chi connectivity index (χ1n) is 8.49. The van der Waals surface area contributed by atoms with Gasteiger partial charge in [0.25, 0.3) is 0 Å². The lowest BCUT2D eigenvalue weighted by molar-refractivity contribution is -0.176. The van der Waals surface area contributed by atoms with Gasteiger partial charge in [0.15, 0.2) is 5.96 Å². The van der Waals surface area contributed by atoms with E-state index in [-0.39, 0.29) is 35.0 Å². The third-order valence-corrected chi connectivity index (χ3v) is 5.81. The van der Waals surface area contributed by atoms with Gasteiger partial charge in [-0.3, -0.25) is 4.99 Å². The van der Waals surface area contributed by atoms with E-state index >= 15 is 0 Å². The van der Waals surface area contributed by atoms with Crippen molar-refractivity contribution in [1.82, 2.24) is 10.2 Å². The predicted molar refractivity (Wildman–Crippen MR) is 106 cm³/mol. The van der Waals surface area contributed by atoms with Gasteiger partial charge in [0, 0.05) is 51.2 Å². The van der Waals surface area contributed by atoms with Crippen molar-refractivity contribution in [3.05, 3.63) is 0 Å². The van der Waals surface area contributed by atoms with Crippen molar-refractivity contribution in [3.63, 3.8) is 0 Å². The average molecular weight is 439 g/mol. The largest absolute Gasteiger partial charge is 0.381 e. The molecule has 3 atom stereocenters. The molecule has 23 heavy (non-hydrogen) atoms. The molecular weight excluding hydrogens is 405 g/mol. The van der Waals surface area contributed by atoms with Crippen molar-refractivity contribution in [1.29, 1.82) is 0 Å². The van der Waals surface area contributed by atoms with E-state index in [0.717, 1.165) is 45.1 Å². The fourth-order valence-corrected chi connectivity index (χ4v) is 3.51. The summed E-state index contributed by atoms with van der Waals surface area (Å²) in [5.74, 6) is 1.62. The van der Waals surface area contributed by atoms with Gasteiger partial charge in [0.05, 0.1) is 12.2 Å². The normalized spacial score (nSPS) is 32.9. The van der Waals surface area contributed by atoms with Crippen molar-refractivity contribution in [2.45, 2.75) is 52.2 Å². The molecule has 1 aliphatic carbocycles. The molecule has 0 radical (unpaired) electrons. The number of halogens is 1. The van der Waals surface area contributed by atoms with Crippen LogP contribution in [0.25, 0.3) is 0 Å². The van der Waals surface area contributed by atoms with E-state index in [1.54, 1.807) is 0 Å². The molecule has 0 amide bonds. The highest BCUT2D eigenvalue weighted by Gasteiger charge is 2.58. The Morgan fingerprint density at radius 2 is 2.09 bits per heavy atom. The standard InChI is InChI=1S/C17H33N3O2.HI/c1-7-18-15(20(5)11-13-8-9-22-12-13)19-14-10-17(4,21-6)16(14,2)3;/h13-14H,7-12H2,1-6H3,(H,18,19);1H. The number of hydrogen-bond donors (Lipinski definition) is 1. The van der Waals surface area contributed by atoms with Gasteiger partial charge >= 0.3 is 0 Å². The number of rotatable bonds is 5. The second-order valence-corrected chi connectivity index (χ2v) is 7.47. The molecule has 6 heteroatoms. The zero-order valence-electron chi connectivity index (χ0n) is 15.5. The summed E-state index contributed by atoms with van der Waals surface area (Å²) in [6.07, 6.45) is 2.17. The molecule has 0 aromatic carbocycles. The van der Waals surface area contributed by atoms with E-state index in [0.29, 0.717) is 12.0 Å². The van der Waals surface area contributed by atoms with Gasteiger partial charge in [0.1, 0.15) is 0 Å². The molecule has 1 N–H and O–H groups in total. The number of hydrogen-bond acceptors (Lipinski definition) is 3. The quantitative estimate of drug-likeness (QED) is 0.407. The Labute approximate surface area is 158 Å². The molecular formula is C17H34IN3O2. The van der Waals surface area contributed by atoms with E-state index in [1.807, 2.05) is 7.11 Å². The van der Waals surface area contributed by atoms with Crippen LogP contribution in [0.4, 0.5) is 0 Å². The van der Waals surface area contributed by atoms with Crippen molar-refractivity contribution >= 4 is 29.9 Å². The molecule has 3 unspecified atom stereocenters. The smallest absolute Gasteiger partial charge is 0.193 e. The maximum Gasteiger partial charge on any atom is 0.193 e. The SMILES string of the molecule is CCN=C(NC1CC(C)(OC)C1(C)C)N(C)CC1CCOC1.I. The summed E-state index contributed by atoms with van der Waals surface area (Å²) in [5.41, 5.74) is 0.0351. The Hall–Kier alpha value is -0.0800. The lowest BCUT2D eigenvalue weighted by Crippen LogP contribution is -2.69. The lowest BCUT2D eigenvalue weighted by atomic mass is 9.56. The first kappa shape index (κ1) is 21.0. The van der Waals surface area contributed by atoms with Gasteiger partial charge in [-0.1, -0.05) is 13.8 Å². The highest BCUT2D eigenvalue weighted by molar-refractivity contribution is 14.0. The van der Waals surface area contributed by atoms with E-state index in [9.17, 15) is 0 Å². The molecule has 2 fully saturated rings. The van der Waals surface area contributed by atoms with Crippen LogP contribution in [0.15, 0.2) is 4.99 Å². The van der Waals surface area contributed by atoms with Gasteiger partial charge in [-0.2, -0.15) is 0 Å². The molecule has 136 valence electrons. The minimum Gasteiger partial charge on any atom is -0.381 e. The Balaban J connectivity index is 0.00000264. The van der Waals surface area contributed by atoms with Crippen molar-refractivity contribution in [2.24, 2.45) is 16.3 Å². The van der Waals surface area contributed by atoms with Crippen LogP contribution in [-0.2, 0) is 9.47 Å². The summed E-state index contributed by atoms with van der Waals surface area (Å²) in [4.78, 5) is 6.93. The summed E-state index contributed by atoms with van der Waals surface area (Å²) in [5, 5.41) is 3.66. The monoisotopic (exact) mass is 439 g/mol. The van der Waals surface area contributed by atoms with Crippen molar-refractivity contribution in [2.75, 3.05) is 40.5 Å². The molecule has 2 aliphatic rings. The molecule has 1 aliphatic heterocycles. The molecule has 0 spiro atoms. The van der Waals surface area contributed by atoms with E-state index in [2.05, 4.69) is 50.0 Å². The zero-order valence-corrected chi connectivity index (χ0v) is 17.8. The molecule has 0 bridgehead atoms. The molecule has 1 saturated heterocycles. The summed E-state index contributed by atoms with van der Waals surface area (Å²) in [6.45, 7) is 12.4. The van der Waals surface area contributed by atoms with Gasteiger partial charge < -0.3 is 19.7 Å². The maximum absolute atomic E-state index is 5.72. The zero-order chi connectivity index (χ0) is 16.4. The topological polar surface area (TPSA) is 46.1 Å². The number of ether oxygens (including phenoxy) is 2. The fourth-order valence-electron chi connectivity index (χ4n) is 3.51. The second-order valence-electron chi connectivity index (χ2n) is 7.47. The molecule has 0 aromatic heterocycles. The molecule has 2 rings (SSSR count). The summed E-state index contributed by atoms with van der Waals surface area (Å²) < 4.78 is 11.2. The number of nitrogens with zero attached hydrogens (tertiary/aromatic N) is 2. The summed E-state index contributed by atoms with van der Waals surface area (Å²) in [6, 6.07) is 0.394. The van der Waals surface area contributed by atoms with Crippen LogP contribution in [0.3, 0.4) is 0 Å².